The lowest BCUT2D eigenvalue weighted by molar-refractivity contribution is -0.142. The zero-order valence-electron chi connectivity index (χ0n) is 19.8. The molecule has 0 bridgehead atoms. The van der Waals surface area contributed by atoms with Crippen LogP contribution in [-0.4, -0.2) is 36.4 Å². The van der Waals surface area contributed by atoms with Gasteiger partial charge in [0.15, 0.2) is 6.61 Å². The molecule has 2 amide bonds. The Kier molecular flexibility index (Phi) is 8.25. The Labute approximate surface area is 196 Å². The van der Waals surface area contributed by atoms with Gasteiger partial charge in [0.2, 0.25) is 5.91 Å². The van der Waals surface area contributed by atoms with Gasteiger partial charge in [0.05, 0.1) is 0 Å². The molecule has 5 heteroatoms. The van der Waals surface area contributed by atoms with Gasteiger partial charge in [0.25, 0.3) is 5.91 Å². The third kappa shape index (κ3) is 6.45. The molecule has 0 aliphatic carbocycles. The van der Waals surface area contributed by atoms with Crippen LogP contribution < -0.4 is 10.1 Å². The van der Waals surface area contributed by atoms with Crippen LogP contribution in [0.2, 0.25) is 0 Å². The maximum Gasteiger partial charge on any atom is 0.261 e. The van der Waals surface area contributed by atoms with Crippen molar-refractivity contribution < 1.29 is 14.3 Å². The van der Waals surface area contributed by atoms with Crippen molar-refractivity contribution in [2.24, 2.45) is 0 Å². The zero-order valence-corrected chi connectivity index (χ0v) is 19.8. The summed E-state index contributed by atoms with van der Waals surface area (Å²) in [7, 11) is 1.60. The molecule has 0 heterocycles. The van der Waals surface area contributed by atoms with Gasteiger partial charge in [-0.2, -0.15) is 0 Å². The molecule has 0 aromatic heterocycles. The number of amides is 2. The molecule has 33 heavy (non-hydrogen) atoms. The summed E-state index contributed by atoms with van der Waals surface area (Å²) >= 11 is 0. The van der Waals surface area contributed by atoms with Gasteiger partial charge >= 0.3 is 0 Å². The van der Waals surface area contributed by atoms with Gasteiger partial charge in [-0.05, 0) is 54.7 Å². The van der Waals surface area contributed by atoms with E-state index in [1.54, 1.807) is 11.9 Å². The Morgan fingerprint density at radius 3 is 2.30 bits per heavy atom. The molecule has 0 saturated heterocycles. The number of carbonyl (C=O) groups excluding carboxylic acids is 2. The van der Waals surface area contributed by atoms with Crippen molar-refractivity contribution in [3.63, 3.8) is 0 Å². The number of nitrogens with one attached hydrogen (secondary N) is 1. The van der Waals surface area contributed by atoms with Gasteiger partial charge in [0.1, 0.15) is 11.8 Å². The monoisotopic (exact) mass is 444 g/mol. The zero-order chi connectivity index (χ0) is 23.8. The predicted molar refractivity (Wildman–Crippen MR) is 131 cm³/mol. The Hall–Kier alpha value is -3.60. The van der Waals surface area contributed by atoms with Crippen LogP contribution >= 0.6 is 0 Å². The van der Waals surface area contributed by atoms with Gasteiger partial charge in [-0.1, -0.05) is 66.7 Å². The average molecular weight is 445 g/mol. The van der Waals surface area contributed by atoms with Crippen molar-refractivity contribution in [2.75, 3.05) is 13.7 Å². The highest BCUT2D eigenvalue weighted by Crippen LogP contribution is 2.21. The Morgan fingerprint density at radius 2 is 1.61 bits per heavy atom. The lowest BCUT2D eigenvalue weighted by Gasteiger charge is -2.31. The molecule has 0 saturated carbocycles. The van der Waals surface area contributed by atoms with Gasteiger partial charge < -0.3 is 15.0 Å². The summed E-state index contributed by atoms with van der Waals surface area (Å²) in [5.74, 6) is 0.245. The number of benzene rings is 3. The SMILES string of the molecule is CNC(=O)C(Cc1ccccc1)N(Cc1ccccc1C)C(=O)COc1cc(C)ccc1C. The van der Waals surface area contributed by atoms with Gasteiger partial charge in [-0.15, -0.1) is 0 Å². The normalized spacial score (nSPS) is 11.5. The topological polar surface area (TPSA) is 58.6 Å². The molecule has 3 aromatic rings. The van der Waals surface area contributed by atoms with Crippen LogP contribution in [-0.2, 0) is 22.6 Å². The minimum absolute atomic E-state index is 0.140. The summed E-state index contributed by atoms with van der Waals surface area (Å²) in [6.45, 7) is 6.13. The van der Waals surface area contributed by atoms with E-state index in [-0.39, 0.29) is 18.4 Å². The van der Waals surface area contributed by atoms with Crippen molar-refractivity contribution in [1.82, 2.24) is 10.2 Å². The van der Waals surface area contributed by atoms with E-state index in [1.165, 1.54) is 0 Å². The molecule has 5 nitrogen and oxygen atoms in total. The molecular weight excluding hydrogens is 412 g/mol. The van der Waals surface area contributed by atoms with Gasteiger partial charge in [-0.25, -0.2) is 0 Å². The first-order valence-corrected chi connectivity index (χ1v) is 11.2. The molecule has 1 unspecified atom stereocenters. The third-order valence-corrected chi connectivity index (χ3v) is 5.81. The van der Waals surface area contributed by atoms with Crippen molar-refractivity contribution in [3.8, 4) is 5.75 Å². The Bertz CT molecular complexity index is 1100. The van der Waals surface area contributed by atoms with E-state index in [0.29, 0.717) is 18.7 Å². The fraction of sp³-hybridized carbons (Fsp3) is 0.286. The number of ether oxygens (including phenoxy) is 1. The molecule has 3 rings (SSSR count). The Balaban J connectivity index is 1.90. The summed E-state index contributed by atoms with van der Waals surface area (Å²) in [5, 5.41) is 2.74. The van der Waals surface area contributed by atoms with Crippen LogP contribution in [0, 0.1) is 20.8 Å². The molecule has 0 spiro atoms. The summed E-state index contributed by atoms with van der Waals surface area (Å²) in [6, 6.07) is 22.9. The number of aryl methyl sites for hydroxylation is 3. The van der Waals surface area contributed by atoms with E-state index in [0.717, 1.165) is 27.8 Å². The highest BCUT2D eigenvalue weighted by molar-refractivity contribution is 5.88. The van der Waals surface area contributed by atoms with Crippen molar-refractivity contribution in [3.05, 3.63) is 101 Å². The minimum atomic E-state index is -0.660. The number of hydrogen-bond acceptors (Lipinski definition) is 3. The summed E-state index contributed by atoms with van der Waals surface area (Å²) < 4.78 is 5.92. The molecule has 0 radical (unpaired) electrons. The highest BCUT2D eigenvalue weighted by Gasteiger charge is 2.30. The molecule has 0 aliphatic heterocycles. The van der Waals surface area contributed by atoms with Crippen LogP contribution in [0.4, 0.5) is 0 Å². The standard InChI is InChI=1S/C28H32N2O3/c1-20-14-15-22(3)26(16-20)33-19-27(31)30(18-24-13-9-8-10-21(24)2)25(28(32)29-4)17-23-11-6-5-7-12-23/h5-16,25H,17-19H2,1-4H3,(H,29,32). The summed E-state index contributed by atoms with van der Waals surface area (Å²) in [5.41, 5.74) is 5.09. The largest absolute Gasteiger partial charge is 0.483 e. The number of nitrogens with zero attached hydrogens (tertiary/aromatic N) is 1. The lowest BCUT2D eigenvalue weighted by Crippen LogP contribution is -2.51. The van der Waals surface area contributed by atoms with E-state index in [9.17, 15) is 9.59 Å². The molecule has 3 aromatic carbocycles. The van der Waals surface area contributed by atoms with Crippen LogP contribution in [0.1, 0.15) is 27.8 Å². The van der Waals surface area contributed by atoms with Crippen molar-refractivity contribution in [1.29, 1.82) is 0 Å². The first kappa shape index (κ1) is 24.1. The molecule has 1 N–H and O–H groups in total. The van der Waals surface area contributed by atoms with E-state index in [2.05, 4.69) is 5.32 Å². The minimum Gasteiger partial charge on any atom is -0.483 e. The Morgan fingerprint density at radius 1 is 0.909 bits per heavy atom. The van der Waals surface area contributed by atoms with Crippen LogP contribution in [0.5, 0.6) is 5.75 Å². The molecule has 172 valence electrons. The molecule has 0 fully saturated rings. The lowest BCUT2D eigenvalue weighted by atomic mass is 10.0. The van der Waals surface area contributed by atoms with E-state index in [1.807, 2.05) is 93.6 Å². The fourth-order valence-corrected chi connectivity index (χ4v) is 3.78. The number of rotatable bonds is 9. The van der Waals surface area contributed by atoms with Crippen molar-refractivity contribution in [2.45, 2.75) is 39.8 Å². The van der Waals surface area contributed by atoms with E-state index >= 15 is 0 Å². The van der Waals surface area contributed by atoms with Gasteiger partial charge in [0, 0.05) is 20.0 Å². The number of carbonyl (C=O) groups is 2. The maximum absolute atomic E-state index is 13.5. The predicted octanol–water partition coefficient (Wildman–Crippen LogP) is 4.38. The van der Waals surface area contributed by atoms with Crippen LogP contribution in [0.15, 0.2) is 72.8 Å². The van der Waals surface area contributed by atoms with Crippen molar-refractivity contribution >= 4 is 11.8 Å². The summed E-state index contributed by atoms with van der Waals surface area (Å²) in [4.78, 5) is 28.1. The van der Waals surface area contributed by atoms with Crippen LogP contribution in [0.3, 0.4) is 0 Å². The molecule has 1 atom stereocenters. The first-order chi connectivity index (χ1) is 15.9. The maximum atomic E-state index is 13.5. The number of hydrogen-bond donors (Lipinski definition) is 1. The summed E-state index contributed by atoms with van der Waals surface area (Å²) in [6.07, 6.45) is 0.418. The molecular formula is C28H32N2O3. The van der Waals surface area contributed by atoms with Crippen LogP contribution in [0.25, 0.3) is 0 Å². The number of likely N-dealkylation sites (N-methyl/N-ethyl adjacent to an activating group) is 1. The quantitative estimate of drug-likeness (QED) is 0.533. The van der Waals surface area contributed by atoms with E-state index in [4.69, 9.17) is 4.74 Å². The second kappa shape index (κ2) is 11.3. The third-order valence-electron chi connectivity index (χ3n) is 5.81. The van der Waals surface area contributed by atoms with E-state index < -0.39 is 6.04 Å². The smallest absolute Gasteiger partial charge is 0.261 e. The average Bonchev–Trinajstić information content (AvgIpc) is 2.83. The fourth-order valence-electron chi connectivity index (χ4n) is 3.78. The van der Waals surface area contributed by atoms with Gasteiger partial charge in [-0.3, -0.25) is 9.59 Å². The highest BCUT2D eigenvalue weighted by atomic mass is 16.5. The molecule has 0 aliphatic rings. The second-order valence-electron chi connectivity index (χ2n) is 8.33. The first-order valence-electron chi connectivity index (χ1n) is 11.2. The second-order valence-corrected chi connectivity index (χ2v) is 8.33.